The van der Waals surface area contributed by atoms with Crippen molar-refractivity contribution in [1.82, 2.24) is 88.6 Å². The Labute approximate surface area is 734 Å². The molecule has 13 amide bonds. The van der Waals surface area contributed by atoms with Crippen molar-refractivity contribution in [3.05, 3.63) is 120 Å². The minimum Gasteiger partial charge on any atom is -0.508 e. The molecule has 0 unspecified atom stereocenters. The maximum Gasteiger partial charge on any atom is 0.326 e. The molecule has 0 bridgehead atoms. The number of aromatic amines is 3. The van der Waals surface area contributed by atoms with Crippen LogP contribution in [0.2, 0.25) is 0 Å². The second-order valence-corrected chi connectivity index (χ2v) is 33.7. The molecule has 7 rings (SSSR count). The number of aliphatic hydroxyl groups excluding tert-OH is 1. The number of carboxylic acids is 3. The zero-order valence-corrected chi connectivity index (χ0v) is 73.0. The van der Waals surface area contributed by atoms with Crippen molar-refractivity contribution >= 4 is 117 Å². The van der Waals surface area contributed by atoms with E-state index in [4.69, 9.17) is 11.5 Å². The molecule has 1 aliphatic rings. The number of H-pyrrole nitrogens is 3. The Morgan fingerprint density at radius 3 is 1.35 bits per heavy atom. The SMILES string of the molecule is CC[C@H](C)[C@H](NC(=O)[C@H](C)N)C(=O)N[C@@H](Cc1c[nH]c2ccccc12)C(=O)N[C@@H](Cc1ccc(O)cc1)C(=O)N[C@@H](CC(=O)O)C(=O)N1CCC[C@H]1C(=O)N[C@@H](CC(C)C)C(=O)N[C@H](C(=O)N[C@@H](CCCCN)C(=O)N[C@@H](CC(C)C)C(=O)N[C@@H](Cc1c[nH]c2ccccc12)C(=O)N[C@@H](CC(C)C)C(=O)N[C@@H](Cc1cnc[nH]1)C(=O)N[C@@H](CC(=O)O)C(=O)O)[C@@H](C)O. The summed E-state index contributed by atoms with van der Waals surface area (Å²) < 4.78 is 0. The van der Waals surface area contributed by atoms with Gasteiger partial charge in [-0.15, -0.1) is 0 Å². The molecular weight excluding hydrogens is 1650 g/mol. The highest BCUT2D eigenvalue weighted by Crippen LogP contribution is 2.26. The van der Waals surface area contributed by atoms with Crippen molar-refractivity contribution in [2.45, 2.75) is 256 Å². The van der Waals surface area contributed by atoms with E-state index in [2.05, 4.69) is 83.7 Å². The van der Waals surface area contributed by atoms with Crippen LogP contribution >= 0.6 is 0 Å². The summed E-state index contributed by atoms with van der Waals surface area (Å²) in [4.78, 5) is 240. The van der Waals surface area contributed by atoms with Gasteiger partial charge in [0.15, 0.2) is 0 Å². The van der Waals surface area contributed by atoms with Gasteiger partial charge in [-0.25, -0.2) is 9.78 Å². The molecule has 0 aliphatic carbocycles. The van der Waals surface area contributed by atoms with E-state index in [1.807, 2.05) is 0 Å². The summed E-state index contributed by atoms with van der Waals surface area (Å²) in [7, 11) is 0. The van der Waals surface area contributed by atoms with Gasteiger partial charge in [-0.3, -0.25) is 71.9 Å². The molecule has 3 aromatic heterocycles. The van der Waals surface area contributed by atoms with Crippen molar-refractivity contribution in [1.29, 1.82) is 0 Å². The third kappa shape index (κ3) is 30.8. The maximum absolute atomic E-state index is 15.0. The highest BCUT2D eigenvalue weighted by atomic mass is 16.4. The molecule has 0 spiro atoms. The van der Waals surface area contributed by atoms with Gasteiger partial charge in [0, 0.05) is 78.3 Å². The lowest BCUT2D eigenvalue weighted by molar-refractivity contribution is -0.147. The maximum atomic E-state index is 15.0. The molecule has 692 valence electrons. The van der Waals surface area contributed by atoms with Gasteiger partial charge < -0.3 is 121 Å². The van der Waals surface area contributed by atoms with Crippen LogP contribution in [0.15, 0.2) is 97.7 Å². The van der Waals surface area contributed by atoms with E-state index >= 15 is 9.59 Å². The highest BCUT2D eigenvalue weighted by Gasteiger charge is 2.44. The summed E-state index contributed by atoms with van der Waals surface area (Å²) in [6, 6.07) is -1.58. The van der Waals surface area contributed by atoms with E-state index in [9.17, 15) is 92.7 Å². The summed E-state index contributed by atoms with van der Waals surface area (Å²) in [5, 5.41) is 83.8. The summed E-state index contributed by atoms with van der Waals surface area (Å²) in [5.74, 6) is -18.6. The number of nitrogens with one attached hydrogen (secondary N) is 15. The fraction of sp³-hybridized carbons (Fsp3) is 0.529. The quantitative estimate of drug-likeness (QED) is 0.0227. The monoisotopic (exact) mass is 1770 g/mol. The average Bonchev–Trinajstić information content (AvgIpc) is 1.74. The second kappa shape index (κ2) is 48.6. The van der Waals surface area contributed by atoms with Crippen LogP contribution in [0.4, 0.5) is 0 Å². The Kier molecular flexibility index (Phi) is 38.7. The third-order valence-electron chi connectivity index (χ3n) is 21.8. The van der Waals surface area contributed by atoms with Gasteiger partial charge in [0.2, 0.25) is 76.8 Å². The molecule has 0 saturated carbocycles. The molecule has 24 N–H and O–H groups in total. The Hall–Kier alpha value is -12.9. The summed E-state index contributed by atoms with van der Waals surface area (Å²) in [6.07, 6.45) is 1.85. The minimum atomic E-state index is -1.92. The van der Waals surface area contributed by atoms with Gasteiger partial charge in [-0.2, -0.15) is 0 Å². The smallest absolute Gasteiger partial charge is 0.326 e. The number of carbonyl (C=O) groups is 16. The van der Waals surface area contributed by atoms with Gasteiger partial charge >= 0.3 is 17.9 Å². The van der Waals surface area contributed by atoms with Crippen LogP contribution < -0.4 is 75.3 Å². The van der Waals surface area contributed by atoms with E-state index in [0.29, 0.717) is 57.0 Å². The predicted molar refractivity (Wildman–Crippen MR) is 464 cm³/mol. The lowest BCUT2D eigenvalue weighted by atomic mass is 9.96. The number of fused-ring (bicyclic) bond motifs is 2. The lowest BCUT2D eigenvalue weighted by Crippen LogP contribution is -2.62. The van der Waals surface area contributed by atoms with Crippen LogP contribution in [0.3, 0.4) is 0 Å². The first-order chi connectivity index (χ1) is 60.1. The largest absolute Gasteiger partial charge is 0.508 e. The first-order valence-electron chi connectivity index (χ1n) is 42.8. The number of carbonyl (C=O) groups excluding carboxylic acids is 13. The fourth-order valence-electron chi connectivity index (χ4n) is 14.8. The van der Waals surface area contributed by atoms with Crippen LogP contribution in [0.1, 0.15) is 162 Å². The number of nitrogens with zero attached hydrogens (tertiary/aromatic N) is 2. The Morgan fingerprint density at radius 2 is 0.890 bits per heavy atom. The molecule has 1 saturated heterocycles. The second-order valence-electron chi connectivity index (χ2n) is 33.7. The lowest BCUT2D eigenvalue weighted by Gasteiger charge is -2.31. The molecular formula is C87H123N19O21. The van der Waals surface area contributed by atoms with Gasteiger partial charge in [0.25, 0.3) is 0 Å². The van der Waals surface area contributed by atoms with E-state index < -0.39 is 204 Å². The number of hydrogen-bond donors (Lipinski definition) is 22. The van der Waals surface area contributed by atoms with Crippen LogP contribution in [0.25, 0.3) is 21.8 Å². The number of imidazole rings is 1. The van der Waals surface area contributed by atoms with Gasteiger partial charge in [-0.05, 0) is 136 Å². The molecule has 6 aromatic rings. The van der Waals surface area contributed by atoms with E-state index in [1.54, 1.807) is 116 Å². The van der Waals surface area contributed by atoms with E-state index in [0.717, 1.165) is 4.90 Å². The number of aromatic hydroxyl groups is 1. The number of hydrogen-bond acceptors (Lipinski definition) is 21. The summed E-state index contributed by atoms with van der Waals surface area (Å²) >= 11 is 0. The van der Waals surface area contributed by atoms with Gasteiger partial charge in [-0.1, -0.05) is 110 Å². The normalized spacial score (nSPS) is 16.2. The van der Waals surface area contributed by atoms with Gasteiger partial charge in [0.1, 0.15) is 84.3 Å². The zero-order chi connectivity index (χ0) is 93.6. The minimum absolute atomic E-state index is 0.0374. The predicted octanol–water partition coefficient (Wildman–Crippen LogP) is 0.232. The number of aromatic nitrogens is 4. The number of aliphatic hydroxyl groups is 1. The number of carboxylic acid groups (broad SMARTS) is 3. The number of para-hydroxylation sites is 2. The summed E-state index contributed by atoms with van der Waals surface area (Å²) in [5.41, 5.74) is 14.9. The Balaban J connectivity index is 1.09. The topological polar surface area (TPSA) is 634 Å². The number of nitrogens with two attached hydrogens (primary N) is 2. The zero-order valence-electron chi connectivity index (χ0n) is 73.0. The number of phenolic OH excluding ortho intramolecular Hbond substituents is 1. The summed E-state index contributed by atoms with van der Waals surface area (Å²) in [6.45, 7) is 16.5. The Morgan fingerprint density at radius 1 is 0.472 bits per heavy atom. The Bertz CT molecular complexity index is 4800. The molecule has 1 fully saturated rings. The number of amides is 13. The highest BCUT2D eigenvalue weighted by molar-refractivity contribution is 6.02. The number of likely N-dealkylation sites (tertiary alicyclic amines) is 1. The number of benzene rings is 3. The van der Waals surface area contributed by atoms with Crippen molar-refractivity contribution < 1.29 is 102 Å². The molecule has 3 aromatic carbocycles. The first-order valence-corrected chi connectivity index (χ1v) is 42.8. The molecule has 4 heterocycles. The van der Waals surface area contributed by atoms with Crippen molar-refractivity contribution in [3.8, 4) is 5.75 Å². The molecule has 16 atom stereocenters. The van der Waals surface area contributed by atoms with Crippen LogP contribution in [0, 0.1) is 23.7 Å². The van der Waals surface area contributed by atoms with Crippen molar-refractivity contribution in [3.63, 3.8) is 0 Å². The molecule has 40 heteroatoms. The van der Waals surface area contributed by atoms with Crippen molar-refractivity contribution in [2.75, 3.05) is 13.1 Å². The average molecular weight is 1770 g/mol. The number of aliphatic carboxylic acids is 3. The third-order valence-corrected chi connectivity index (χ3v) is 21.8. The number of phenols is 1. The molecule has 40 nitrogen and oxygen atoms in total. The van der Waals surface area contributed by atoms with Crippen LogP contribution in [-0.2, 0) is 102 Å². The van der Waals surface area contributed by atoms with Gasteiger partial charge in [0.05, 0.1) is 31.3 Å². The fourth-order valence-corrected chi connectivity index (χ4v) is 14.8. The van der Waals surface area contributed by atoms with Crippen LogP contribution in [-0.4, -0.2) is 249 Å². The van der Waals surface area contributed by atoms with Crippen molar-refractivity contribution in [2.24, 2.45) is 35.1 Å². The van der Waals surface area contributed by atoms with E-state index in [-0.39, 0.29) is 107 Å². The first kappa shape index (κ1) is 101. The number of rotatable bonds is 51. The standard InChI is InChI=1S/C87H123N19O21/c1-11-47(8)72(104-74(113)48(9)89)84(123)101-65(36-52-41-92-58-22-15-13-20-56(52)58)80(119)97-63(34-50-25-27-54(108)28-26-50)78(117)102-67(38-70(109)110)86(125)106-30-18-24-69(106)83(122)100-62(33-46(6)7)82(121)105-73(49(10)107)85(124)94-59(23-16-17-29-88)75(114)95-60(31-44(2)3)76(115)98-64(35-51-40-91-57-21-14-12-19-55(51)57)79(118)96-61(32-45(4)5)77(116)99-66(37-53-42-90-43-93-53)81(120)103-68(87(126)127)39-71(111)112/h12-15,19-22,25-28,40-49,59-69,72-73,91-92,107-108H,11,16-18,23-24,29-39,88-89H2,1-10H3,(H,90,93)(H,94,124)(H,95,114)(H,96,118)(H,97,119)(H,98,115)(H,99,116)(H,100,122)(H,101,123)(H,102,117)(H,103,120)(H,104,113)(H,105,121)(H,109,110)(H,111,112)(H,126,127)/t47-,48-,49+,59-,60-,61-,62-,63-,64-,65-,66-,67-,68-,69-,72-,73-/m0/s1. The molecule has 0 radical (unpaired) electrons. The molecule has 127 heavy (non-hydrogen) atoms. The van der Waals surface area contributed by atoms with E-state index in [1.165, 1.54) is 50.6 Å². The number of unbranched alkanes of at least 4 members (excludes halogenated alkanes) is 1. The molecule has 1 aliphatic heterocycles. The van der Waals surface area contributed by atoms with Crippen LogP contribution in [0.5, 0.6) is 5.75 Å².